The number of imide groups is 1. The predicted molar refractivity (Wildman–Crippen MR) is 274 cm³/mol. The van der Waals surface area contributed by atoms with Crippen LogP contribution in [-0.2, 0) is 67.3 Å². The minimum atomic E-state index is -1.78. The largest absolute Gasteiger partial charge is 0.459 e. The van der Waals surface area contributed by atoms with Gasteiger partial charge in [-0.3, -0.25) is 43.3 Å². The lowest BCUT2D eigenvalue weighted by Crippen LogP contribution is -2.52. The van der Waals surface area contributed by atoms with Crippen LogP contribution in [0.5, 0.6) is 0 Å². The molecule has 2 aromatic carbocycles. The van der Waals surface area contributed by atoms with E-state index in [0.29, 0.717) is 93.3 Å². The summed E-state index contributed by atoms with van der Waals surface area (Å²) in [4.78, 5) is 122. The second-order valence-corrected chi connectivity index (χ2v) is 19.8. The summed E-state index contributed by atoms with van der Waals surface area (Å²) in [5.74, 6) is -4.65. The molecular weight excluding hydrogens is 982 g/mol. The van der Waals surface area contributed by atoms with Gasteiger partial charge in [0.2, 0.25) is 35.4 Å². The van der Waals surface area contributed by atoms with Crippen molar-refractivity contribution in [2.45, 2.75) is 115 Å². The Morgan fingerprint density at radius 2 is 1.51 bits per heavy atom. The van der Waals surface area contributed by atoms with Crippen LogP contribution in [0.25, 0.3) is 16.6 Å². The van der Waals surface area contributed by atoms with Gasteiger partial charge in [-0.15, -0.1) is 0 Å². The van der Waals surface area contributed by atoms with Gasteiger partial charge in [0.05, 0.1) is 42.6 Å². The van der Waals surface area contributed by atoms with Crippen molar-refractivity contribution in [3.8, 4) is 0 Å². The van der Waals surface area contributed by atoms with Crippen LogP contribution in [-0.4, -0.2) is 131 Å². The standard InChI is InChI=1S/C55H64FN9O11/c1-3-55(75)37-24-42-52-36(30-64(42)29-34(37)31-76-54(55)74)51-39(18-17-35-32(2)38(56)25-40(63-52)50(35)51)61-44(67)16-9-5-11-21-57-45(68)27-60-53(73)41(23-33-13-7-4-8-14-33)62-47(70)28-59-46(69)26-58-43(66)15-10-6-12-22-65-48(71)19-20-49(65)72/h4,7-8,13-14,19-20,24-25,39,41,75H,3,5-6,9-12,15-18,21-23,26-31H2,1-2H3,(H,57,68)(H,58,66)(H,59,69)(H,60,73)(H,61,67)(H,62,70)/t39-,41-,55-/m0/s1. The average molecular weight is 1050 g/mol. The number of fused-ring (bicyclic) bond motifs is 4. The number of aryl methyl sites for hydroxylation is 1. The highest BCUT2D eigenvalue weighted by Crippen LogP contribution is 2.48. The van der Waals surface area contributed by atoms with Gasteiger partial charge in [-0.25, -0.2) is 14.2 Å². The van der Waals surface area contributed by atoms with Crippen molar-refractivity contribution in [3.05, 3.63) is 105 Å². The third-order valence-corrected chi connectivity index (χ3v) is 14.6. The number of nitrogens with zero attached hydrogens (tertiary/aromatic N) is 3. The van der Waals surface area contributed by atoms with Crippen LogP contribution in [0.3, 0.4) is 0 Å². The van der Waals surface area contributed by atoms with Crippen LogP contribution in [0.4, 0.5) is 4.39 Å². The number of amides is 8. The molecule has 76 heavy (non-hydrogen) atoms. The Hall–Kier alpha value is -7.81. The number of pyridine rings is 1. The number of ether oxygens (including phenoxy) is 1. The van der Waals surface area contributed by atoms with Crippen molar-refractivity contribution < 1.29 is 57.4 Å². The van der Waals surface area contributed by atoms with Crippen LogP contribution in [0.1, 0.15) is 111 Å². The Bertz CT molecular complexity index is 2920. The second-order valence-electron chi connectivity index (χ2n) is 19.8. The summed E-state index contributed by atoms with van der Waals surface area (Å²) in [7, 11) is 0. The quantitative estimate of drug-likeness (QED) is 0.0386. The zero-order chi connectivity index (χ0) is 54.1. The van der Waals surface area contributed by atoms with Gasteiger partial charge >= 0.3 is 5.97 Å². The molecule has 0 fully saturated rings. The normalized spacial score (nSPS) is 18.6. The molecule has 5 aliphatic rings. The van der Waals surface area contributed by atoms with Crippen molar-refractivity contribution in [3.63, 3.8) is 0 Å². The molecule has 20 nitrogen and oxygen atoms in total. The number of rotatable bonds is 24. The number of benzene rings is 2. The van der Waals surface area contributed by atoms with Crippen LogP contribution in [0.2, 0.25) is 0 Å². The second kappa shape index (κ2) is 24.2. The van der Waals surface area contributed by atoms with Crippen molar-refractivity contribution in [1.82, 2.24) is 46.7 Å². The fourth-order valence-electron chi connectivity index (χ4n) is 10.5. The predicted octanol–water partition coefficient (Wildman–Crippen LogP) is 2.19. The number of carbonyl (C=O) groups excluding carboxylic acids is 9. The summed E-state index contributed by atoms with van der Waals surface area (Å²) in [6, 6.07) is 8.92. The minimum Gasteiger partial charge on any atom is -0.459 e. The molecule has 1 aliphatic carbocycles. The van der Waals surface area contributed by atoms with E-state index < -0.39 is 47.8 Å². The van der Waals surface area contributed by atoms with Crippen molar-refractivity contribution in [2.75, 3.05) is 45.9 Å². The lowest BCUT2D eigenvalue weighted by atomic mass is 9.81. The van der Waals surface area contributed by atoms with Gasteiger partial charge in [0.25, 0.3) is 11.8 Å². The van der Waals surface area contributed by atoms with E-state index in [2.05, 4.69) is 36.8 Å². The van der Waals surface area contributed by atoms with Crippen LogP contribution >= 0.6 is 0 Å². The molecule has 3 atom stereocenters. The van der Waals surface area contributed by atoms with Crippen molar-refractivity contribution in [1.29, 1.82) is 0 Å². The van der Waals surface area contributed by atoms with E-state index in [1.54, 1.807) is 44.2 Å². The maximum Gasteiger partial charge on any atom is 0.343 e. The molecule has 0 spiro atoms. The van der Waals surface area contributed by atoms with Crippen LogP contribution in [0, 0.1) is 12.7 Å². The number of hydrogen-bond acceptors (Lipinski definition) is 13. The number of halogens is 1. The Kier molecular flexibility index (Phi) is 17.4. The third kappa shape index (κ3) is 12.5. The van der Waals surface area contributed by atoms with E-state index in [0.717, 1.165) is 43.8 Å². The fraction of sp³-hybridized carbons (Fsp3) is 0.455. The summed E-state index contributed by atoms with van der Waals surface area (Å²) in [6.45, 7) is 3.80. The molecule has 4 aliphatic heterocycles. The molecule has 0 bridgehead atoms. The summed E-state index contributed by atoms with van der Waals surface area (Å²) in [5, 5.41) is 28.4. The first-order valence-electron chi connectivity index (χ1n) is 26.0. The first-order chi connectivity index (χ1) is 36.5. The maximum absolute atomic E-state index is 15.4. The number of carbonyl (C=O) groups is 9. The Labute approximate surface area is 438 Å². The molecule has 3 aromatic rings. The zero-order valence-corrected chi connectivity index (χ0v) is 42.7. The van der Waals surface area contributed by atoms with Gasteiger partial charge in [0.1, 0.15) is 18.5 Å². The highest BCUT2D eigenvalue weighted by Gasteiger charge is 2.47. The summed E-state index contributed by atoms with van der Waals surface area (Å²) in [6.07, 6.45) is 9.28. The molecule has 0 radical (unpaired) electrons. The van der Waals surface area contributed by atoms with Crippen molar-refractivity contribution >= 4 is 69.8 Å². The van der Waals surface area contributed by atoms with Crippen LogP contribution in [0.15, 0.2) is 65.8 Å². The number of hydrogen-bond donors (Lipinski definition) is 7. The number of aliphatic hydroxyl groups is 1. The summed E-state index contributed by atoms with van der Waals surface area (Å²) in [5.41, 5.74) is 5.38. The van der Waals surface area contributed by atoms with E-state index in [1.165, 1.54) is 18.2 Å². The number of aromatic nitrogens is 1. The van der Waals surface area contributed by atoms with Crippen LogP contribution < -0.4 is 31.9 Å². The summed E-state index contributed by atoms with van der Waals surface area (Å²) >= 11 is 0. The van der Waals surface area contributed by atoms with E-state index in [4.69, 9.17) is 9.72 Å². The van der Waals surface area contributed by atoms with Gasteiger partial charge < -0.3 is 46.6 Å². The molecule has 8 rings (SSSR count). The highest BCUT2D eigenvalue weighted by molar-refractivity contribution is 6.12. The Morgan fingerprint density at radius 1 is 0.829 bits per heavy atom. The molecule has 8 amide bonds. The van der Waals surface area contributed by atoms with Gasteiger partial charge in [0, 0.05) is 80.2 Å². The summed E-state index contributed by atoms with van der Waals surface area (Å²) < 4.78 is 20.7. The zero-order valence-electron chi connectivity index (χ0n) is 42.7. The molecule has 402 valence electrons. The number of unbranched alkanes of at least 4 members (excludes halogenated alkanes) is 4. The topological polar surface area (TPSA) is 275 Å². The minimum absolute atomic E-state index is 0.0759. The smallest absolute Gasteiger partial charge is 0.343 e. The number of cyclic esters (lactones) is 1. The number of nitrogens with one attached hydrogen (secondary N) is 6. The van der Waals surface area contributed by atoms with Gasteiger partial charge in [-0.1, -0.05) is 50.1 Å². The molecular formula is C55H64FN9O11. The molecule has 1 aromatic heterocycles. The SMILES string of the molecule is CC[C@@]1(O)C(=O)OCC2=C1C=C1c3nc4cc(F)c(C)c5c4c(c3CN1C2)[C@@H](NC(=O)CCCCCNC(=O)CNC(=O)[C@H](Cc1ccccc1)NC(=O)CNC(=O)CNC(=O)CCCCCN1C(=O)C=CC1=O)CC5. The fourth-order valence-corrected chi connectivity index (χ4v) is 10.5. The third-order valence-electron chi connectivity index (χ3n) is 14.6. The Balaban J connectivity index is 0.759. The molecule has 0 saturated heterocycles. The average Bonchev–Trinajstić information content (AvgIpc) is 3.94. The highest BCUT2D eigenvalue weighted by atomic mass is 19.1. The van der Waals surface area contributed by atoms with E-state index >= 15 is 4.39 Å². The molecule has 5 heterocycles. The van der Waals surface area contributed by atoms with Gasteiger partial charge in [-0.2, -0.15) is 0 Å². The number of esters is 1. The van der Waals surface area contributed by atoms with Gasteiger partial charge in [-0.05, 0) is 85.8 Å². The van der Waals surface area contributed by atoms with E-state index in [9.17, 15) is 48.3 Å². The molecule has 0 unspecified atom stereocenters. The van der Waals surface area contributed by atoms with Crippen molar-refractivity contribution in [2.24, 2.45) is 0 Å². The molecule has 0 saturated carbocycles. The van der Waals surface area contributed by atoms with E-state index in [-0.39, 0.29) is 87.4 Å². The first-order valence-corrected chi connectivity index (χ1v) is 26.0. The maximum atomic E-state index is 15.4. The lowest BCUT2D eigenvalue weighted by Gasteiger charge is -2.37. The monoisotopic (exact) mass is 1050 g/mol. The van der Waals surface area contributed by atoms with E-state index in [1.807, 2.05) is 6.08 Å². The first kappa shape index (κ1) is 54.5. The molecule has 21 heteroatoms. The molecule has 7 N–H and O–H groups in total. The Morgan fingerprint density at radius 3 is 2.26 bits per heavy atom. The lowest BCUT2D eigenvalue weighted by molar-refractivity contribution is -0.163. The van der Waals surface area contributed by atoms with Gasteiger partial charge in [0.15, 0.2) is 5.60 Å².